The summed E-state index contributed by atoms with van der Waals surface area (Å²) in [7, 11) is 0. The molecule has 0 aromatic heterocycles. The molecule has 0 atom stereocenters. The van der Waals surface area contributed by atoms with Crippen LogP contribution < -0.4 is 0 Å². The highest BCUT2D eigenvalue weighted by atomic mass is 32.2. The summed E-state index contributed by atoms with van der Waals surface area (Å²) in [6, 6.07) is 0. The third kappa shape index (κ3) is 50.0. The van der Waals surface area contributed by atoms with Crippen LogP contribution in [0.3, 0.4) is 0 Å². The Labute approximate surface area is 61.5 Å². The van der Waals surface area contributed by atoms with E-state index in [1.54, 1.807) is 6.92 Å². The Morgan fingerprint density at radius 1 is 1.60 bits per heavy atom. The largest absolute Gasteiger partial charge is 0.466 e. The predicted octanol–water partition coefficient (Wildman–Crippen LogP) is 0.251. The van der Waals surface area contributed by atoms with E-state index >= 15 is 0 Å². The normalized spacial score (nSPS) is 8.10. The average molecular weight is 170 g/mol. The third-order valence-electron chi connectivity index (χ3n) is 0.348. The fraction of sp³-hybridized carbons (Fsp3) is 0.750. The Hall–Kier alpha value is -0.460. The molecule has 0 aromatic carbocycles. The molecule has 0 spiro atoms. The summed E-state index contributed by atoms with van der Waals surface area (Å²) in [5.41, 5.74) is 0. The molecule has 0 fully saturated rings. The molecular weight excluding hydrogens is 160 g/mol. The van der Waals surface area contributed by atoms with E-state index in [9.17, 15) is 4.79 Å². The number of hydrogen-bond acceptors (Lipinski definition) is 3. The van der Waals surface area contributed by atoms with Crippen LogP contribution in [0.5, 0.6) is 0 Å². The zero-order valence-electron chi connectivity index (χ0n) is 5.73. The van der Waals surface area contributed by atoms with Crippen molar-refractivity contribution in [2.24, 2.45) is 0 Å². The van der Waals surface area contributed by atoms with Crippen LogP contribution in [-0.4, -0.2) is 25.9 Å². The van der Waals surface area contributed by atoms with Gasteiger partial charge in [0.15, 0.2) is 0 Å². The van der Waals surface area contributed by atoms with Crippen LogP contribution >= 0.6 is 0 Å². The molecule has 0 aromatic rings. The molecular formula is C4H10O5S. The van der Waals surface area contributed by atoms with Crippen LogP contribution in [0, 0.1) is 0 Å². The van der Waals surface area contributed by atoms with Gasteiger partial charge in [0, 0.05) is 6.92 Å². The molecule has 0 aliphatic rings. The summed E-state index contributed by atoms with van der Waals surface area (Å²) in [5.74, 6) is -0.211. The first kappa shape index (κ1) is 12.2. The zero-order valence-corrected chi connectivity index (χ0v) is 6.55. The summed E-state index contributed by atoms with van der Waals surface area (Å²) in [4.78, 5) is 9.82. The second-order valence-corrected chi connectivity index (χ2v) is 1.62. The first-order valence-corrected chi connectivity index (χ1v) is 3.50. The van der Waals surface area contributed by atoms with Gasteiger partial charge in [-0.2, -0.15) is 4.21 Å². The summed E-state index contributed by atoms with van der Waals surface area (Å²) >= 11 is -2.61. The average Bonchev–Trinajstić information content (AvgIpc) is 1.62. The Bertz CT molecular complexity index is 108. The molecule has 0 aliphatic heterocycles. The molecule has 0 rings (SSSR count). The fourth-order valence-corrected chi connectivity index (χ4v) is 0.203. The maximum absolute atomic E-state index is 9.82. The van der Waals surface area contributed by atoms with Gasteiger partial charge in [-0.05, 0) is 6.92 Å². The highest BCUT2D eigenvalue weighted by Gasteiger charge is 1.81. The van der Waals surface area contributed by atoms with Crippen molar-refractivity contribution in [3.05, 3.63) is 0 Å². The van der Waals surface area contributed by atoms with E-state index in [-0.39, 0.29) is 5.97 Å². The molecule has 0 saturated carbocycles. The van der Waals surface area contributed by atoms with Crippen molar-refractivity contribution in [1.29, 1.82) is 0 Å². The van der Waals surface area contributed by atoms with Crippen molar-refractivity contribution in [2.45, 2.75) is 13.8 Å². The second kappa shape index (κ2) is 8.54. The first-order chi connectivity index (χ1) is 4.50. The lowest BCUT2D eigenvalue weighted by Crippen LogP contribution is -1.95. The Kier molecular flexibility index (Phi) is 10.5. The smallest absolute Gasteiger partial charge is 0.302 e. The van der Waals surface area contributed by atoms with Crippen molar-refractivity contribution in [1.82, 2.24) is 0 Å². The van der Waals surface area contributed by atoms with Gasteiger partial charge in [-0.15, -0.1) is 0 Å². The first-order valence-electron chi connectivity index (χ1n) is 2.44. The Morgan fingerprint density at radius 2 is 1.90 bits per heavy atom. The lowest BCUT2D eigenvalue weighted by Gasteiger charge is -1.89. The summed E-state index contributed by atoms with van der Waals surface area (Å²) in [5, 5.41) is 0. The standard InChI is InChI=1S/C4H8O2.H2O3S/c1-3-6-4(2)5;1-4(2)3/h3H2,1-2H3;(H2,1,2,3). The highest BCUT2D eigenvalue weighted by molar-refractivity contribution is 7.73. The molecule has 10 heavy (non-hydrogen) atoms. The maximum Gasteiger partial charge on any atom is 0.302 e. The van der Waals surface area contributed by atoms with E-state index in [0.717, 1.165) is 0 Å². The van der Waals surface area contributed by atoms with E-state index in [1.807, 2.05) is 0 Å². The quantitative estimate of drug-likeness (QED) is 0.435. The van der Waals surface area contributed by atoms with E-state index in [1.165, 1.54) is 6.92 Å². The summed E-state index contributed by atoms with van der Waals surface area (Å²) in [6.45, 7) is 3.65. The molecule has 6 heteroatoms. The Morgan fingerprint density at radius 3 is 1.90 bits per heavy atom. The van der Waals surface area contributed by atoms with Gasteiger partial charge in [-0.25, -0.2) is 0 Å². The van der Waals surface area contributed by atoms with Crippen LogP contribution in [-0.2, 0) is 20.9 Å². The molecule has 0 heterocycles. The number of esters is 1. The molecule has 0 amide bonds. The summed E-state index contributed by atoms with van der Waals surface area (Å²) in [6.07, 6.45) is 0. The minimum absolute atomic E-state index is 0.211. The van der Waals surface area contributed by atoms with E-state index in [0.29, 0.717) is 6.61 Å². The van der Waals surface area contributed by atoms with Crippen LogP contribution in [0.15, 0.2) is 0 Å². The van der Waals surface area contributed by atoms with Gasteiger partial charge in [0.05, 0.1) is 6.61 Å². The van der Waals surface area contributed by atoms with Crippen molar-refractivity contribution < 1.29 is 22.8 Å². The second-order valence-electron chi connectivity index (χ2n) is 1.16. The number of hydrogen-bond donors (Lipinski definition) is 2. The molecule has 0 unspecified atom stereocenters. The topological polar surface area (TPSA) is 83.8 Å². The SMILES string of the molecule is CCOC(C)=O.O=S(O)O. The van der Waals surface area contributed by atoms with E-state index in [4.69, 9.17) is 13.3 Å². The van der Waals surface area contributed by atoms with E-state index < -0.39 is 11.4 Å². The van der Waals surface area contributed by atoms with Crippen molar-refractivity contribution in [2.75, 3.05) is 6.61 Å². The lowest BCUT2D eigenvalue weighted by molar-refractivity contribution is -0.140. The number of carbonyl (C=O) groups is 1. The maximum atomic E-state index is 9.82. The molecule has 2 N–H and O–H groups in total. The molecule has 0 saturated heterocycles. The van der Waals surface area contributed by atoms with Gasteiger partial charge in [-0.1, -0.05) is 0 Å². The number of rotatable bonds is 1. The number of carbonyl (C=O) groups excluding carboxylic acids is 1. The molecule has 0 bridgehead atoms. The molecule has 5 nitrogen and oxygen atoms in total. The van der Waals surface area contributed by atoms with Gasteiger partial charge < -0.3 is 4.74 Å². The van der Waals surface area contributed by atoms with Crippen LogP contribution in [0.4, 0.5) is 0 Å². The van der Waals surface area contributed by atoms with Crippen molar-refractivity contribution in [3.8, 4) is 0 Å². The molecule has 0 aliphatic carbocycles. The van der Waals surface area contributed by atoms with Crippen molar-refractivity contribution in [3.63, 3.8) is 0 Å². The Balaban J connectivity index is 0. The van der Waals surface area contributed by atoms with Gasteiger partial charge in [0.2, 0.25) is 0 Å². The van der Waals surface area contributed by atoms with Gasteiger partial charge in [0.1, 0.15) is 0 Å². The molecule has 0 radical (unpaired) electrons. The predicted molar refractivity (Wildman–Crippen MR) is 35.7 cm³/mol. The number of ether oxygens (including phenoxy) is 1. The molecule has 62 valence electrons. The minimum atomic E-state index is -2.61. The third-order valence-corrected chi connectivity index (χ3v) is 0.348. The van der Waals surface area contributed by atoms with Gasteiger partial charge in [0.25, 0.3) is 11.4 Å². The van der Waals surface area contributed by atoms with E-state index in [2.05, 4.69) is 4.74 Å². The minimum Gasteiger partial charge on any atom is -0.466 e. The zero-order chi connectivity index (χ0) is 8.57. The van der Waals surface area contributed by atoms with Crippen LogP contribution in [0.25, 0.3) is 0 Å². The lowest BCUT2D eigenvalue weighted by atomic mass is 10.8. The van der Waals surface area contributed by atoms with Crippen LogP contribution in [0.1, 0.15) is 13.8 Å². The van der Waals surface area contributed by atoms with Gasteiger partial charge in [-0.3, -0.25) is 13.9 Å². The van der Waals surface area contributed by atoms with Crippen LogP contribution in [0.2, 0.25) is 0 Å². The van der Waals surface area contributed by atoms with Crippen molar-refractivity contribution >= 4 is 17.3 Å². The monoisotopic (exact) mass is 170 g/mol. The fourth-order valence-electron chi connectivity index (χ4n) is 0.203. The highest BCUT2D eigenvalue weighted by Crippen LogP contribution is 1.69. The summed E-state index contributed by atoms with van der Waals surface area (Å²) < 4.78 is 27.2. The van der Waals surface area contributed by atoms with Gasteiger partial charge >= 0.3 is 5.97 Å².